The second kappa shape index (κ2) is 6.65. The van der Waals surface area contributed by atoms with Crippen LogP contribution in [0.3, 0.4) is 0 Å². The first-order valence-corrected chi connectivity index (χ1v) is 6.26. The van der Waals surface area contributed by atoms with Crippen molar-refractivity contribution in [1.29, 1.82) is 0 Å². The highest BCUT2D eigenvalue weighted by Gasteiger charge is 2.03. The van der Waals surface area contributed by atoms with Gasteiger partial charge in [0.15, 0.2) is 11.5 Å². The summed E-state index contributed by atoms with van der Waals surface area (Å²) in [5.41, 5.74) is 4.01. The van der Waals surface area contributed by atoms with E-state index in [1.54, 1.807) is 20.4 Å². The highest BCUT2D eigenvalue weighted by Crippen LogP contribution is 2.27. The third-order valence-corrected chi connectivity index (χ3v) is 2.78. The number of benzene rings is 1. The van der Waals surface area contributed by atoms with Crippen molar-refractivity contribution in [2.24, 2.45) is 5.10 Å². The lowest BCUT2D eigenvalue weighted by molar-refractivity contribution is 0.354. The summed E-state index contributed by atoms with van der Waals surface area (Å²) < 4.78 is 15.8. The van der Waals surface area contributed by atoms with Gasteiger partial charge >= 0.3 is 0 Å². The fraction of sp³-hybridized carbons (Fsp3) is 0.267. The predicted molar refractivity (Wildman–Crippen MR) is 77.4 cm³/mol. The molecule has 0 aliphatic heterocycles. The van der Waals surface area contributed by atoms with Crippen molar-refractivity contribution in [1.82, 2.24) is 5.43 Å². The molecule has 2 rings (SSSR count). The minimum absolute atomic E-state index is 0.594. The molecule has 1 aromatic carbocycles. The molecule has 0 fully saturated rings. The zero-order valence-electron chi connectivity index (χ0n) is 11.8. The average molecular weight is 274 g/mol. The maximum atomic E-state index is 5.38. The number of nitrogens with zero attached hydrogens (tertiary/aromatic N) is 1. The molecular formula is C15H18N2O3. The summed E-state index contributed by atoms with van der Waals surface area (Å²) in [6.45, 7) is 2.49. The van der Waals surface area contributed by atoms with Crippen LogP contribution in [0.5, 0.6) is 11.5 Å². The van der Waals surface area contributed by atoms with Gasteiger partial charge in [-0.2, -0.15) is 5.10 Å². The van der Waals surface area contributed by atoms with E-state index in [4.69, 9.17) is 13.9 Å². The SMILES string of the molecule is COc1ccc(CN/N=C/c2ccc(C)o2)cc1OC. The van der Waals surface area contributed by atoms with Crippen molar-refractivity contribution < 1.29 is 13.9 Å². The van der Waals surface area contributed by atoms with Crippen molar-refractivity contribution in [3.63, 3.8) is 0 Å². The zero-order valence-corrected chi connectivity index (χ0v) is 11.8. The monoisotopic (exact) mass is 274 g/mol. The van der Waals surface area contributed by atoms with Crippen molar-refractivity contribution in [3.8, 4) is 11.5 Å². The molecule has 5 heteroatoms. The van der Waals surface area contributed by atoms with E-state index in [9.17, 15) is 0 Å². The standard InChI is InChI=1S/C15H18N2O3/c1-11-4-6-13(20-11)10-17-16-9-12-5-7-14(18-2)15(8-12)19-3/h4-8,10,16H,9H2,1-3H3/b17-10+. The van der Waals surface area contributed by atoms with Crippen molar-refractivity contribution in [3.05, 3.63) is 47.4 Å². The van der Waals surface area contributed by atoms with Crippen LogP contribution in [0.2, 0.25) is 0 Å². The van der Waals surface area contributed by atoms with Gasteiger partial charge in [-0.3, -0.25) is 0 Å². The summed E-state index contributed by atoms with van der Waals surface area (Å²) in [6, 6.07) is 9.52. The Bertz CT molecular complexity index is 591. The van der Waals surface area contributed by atoms with E-state index >= 15 is 0 Å². The Balaban J connectivity index is 1.92. The molecule has 20 heavy (non-hydrogen) atoms. The number of rotatable bonds is 6. The van der Waals surface area contributed by atoms with E-state index in [1.165, 1.54) is 0 Å². The van der Waals surface area contributed by atoms with Crippen LogP contribution < -0.4 is 14.9 Å². The number of hydrazone groups is 1. The van der Waals surface area contributed by atoms with Crippen LogP contribution in [-0.4, -0.2) is 20.4 Å². The summed E-state index contributed by atoms with van der Waals surface area (Å²) in [5.74, 6) is 3.01. The van der Waals surface area contributed by atoms with Crippen LogP contribution in [-0.2, 0) is 6.54 Å². The van der Waals surface area contributed by atoms with Crippen molar-refractivity contribution in [2.45, 2.75) is 13.5 Å². The highest BCUT2D eigenvalue weighted by atomic mass is 16.5. The van der Waals surface area contributed by atoms with Gasteiger partial charge in [0.2, 0.25) is 0 Å². The fourth-order valence-electron chi connectivity index (χ4n) is 1.76. The molecule has 106 valence electrons. The maximum Gasteiger partial charge on any atom is 0.161 e. The van der Waals surface area contributed by atoms with Gasteiger partial charge < -0.3 is 19.3 Å². The van der Waals surface area contributed by atoms with Gasteiger partial charge in [0, 0.05) is 0 Å². The summed E-state index contributed by atoms with van der Waals surface area (Å²) in [6.07, 6.45) is 1.65. The first-order valence-electron chi connectivity index (χ1n) is 6.26. The molecule has 0 amide bonds. The molecule has 0 radical (unpaired) electrons. The summed E-state index contributed by atoms with van der Waals surface area (Å²) in [7, 11) is 3.23. The molecule has 0 saturated carbocycles. The van der Waals surface area contributed by atoms with Crippen LogP contribution in [0, 0.1) is 6.92 Å². The van der Waals surface area contributed by atoms with Crippen molar-refractivity contribution >= 4 is 6.21 Å². The molecule has 0 unspecified atom stereocenters. The van der Waals surface area contributed by atoms with E-state index < -0.39 is 0 Å². The lowest BCUT2D eigenvalue weighted by Crippen LogP contribution is -2.05. The Morgan fingerprint density at radius 3 is 2.60 bits per heavy atom. The molecule has 1 N–H and O–H groups in total. The topological polar surface area (TPSA) is 56.0 Å². The van der Waals surface area contributed by atoms with E-state index in [2.05, 4.69) is 10.5 Å². The lowest BCUT2D eigenvalue weighted by Gasteiger charge is -2.09. The molecule has 0 spiro atoms. The number of nitrogens with one attached hydrogen (secondary N) is 1. The molecule has 0 atom stereocenters. The second-order valence-electron chi connectivity index (χ2n) is 4.23. The smallest absolute Gasteiger partial charge is 0.161 e. The van der Waals surface area contributed by atoms with E-state index in [1.807, 2.05) is 37.3 Å². The molecule has 5 nitrogen and oxygen atoms in total. The zero-order chi connectivity index (χ0) is 14.4. The van der Waals surface area contributed by atoms with E-state index in [0.717, 1.165) is 17.1 Å². The molecule has 0 bridgehead atoms. The normalized spacial score (nSPS) is 10.8. The number of ether oxygens (including phenoxy) is 2. The average Bonchev–Trinajstić information content (AvgIpc) is 2.89. The Kier molecular flexibility index (Phi) is 4.65. The maximum absolute atomic E-state index is 5.38. The quantitative estimate of drug-likeness (QED) is 0.650. The molecule has 0 aliphatic rings. The highest BCUT2D eigenvalue weighted by molar-refractivity contribution is 5.75. The minimum Gasteiger partial charge on any atom is -0.493 e. The van der Waals surface area contributed by atoms with Crippen molar-refractivity contribution in [2.75, 3.05) is 14.2 Å². The van der Waals surface area contributed by atoms with Crippen LogP contribution in [0.25, 0.3) is 0 Å². The van der Waals surface area contributed by atoms with Gasteiger partial charge in [-0.25, -0.2) is 0 Å². The predicted octanol–water partition coefficient (Wildman–Crippen LogP) is 2.73. The molecular weight excluding hydrogens is 256 g/mol. The van der Waals surface area contributed by atoms with Gasteiger partial charge in [0.25, 0.3) is 0 Å². The number of methoxy groups -OCH3 is 2. The van der Waals surface area contributed by atoms with Crippen LogP contribution in [0.4, 0.5) is 0 Å². The van der Waals surface area contributed by atoms with E-state index in [-0.39, 0.29) is 0 Å². The first kappa shape index (κ1) is 14.0. The Hall–Kier alpha value is -2.43. The molecule has 2 aromatic rings. The van der Waals surface area contributed by atoms with Gasteiger partial charge in [0.1, 0.15) is 11.5 Å². The molecule has 1 heterocycles. The number of aryl methyl sites for hydroxylation is 1. The fourth-order valence-corrected chi connectivity index (χ4v) is 1.76. The number of hydrogen-bond acceptors (Lipinski definition) is 5. The number of hydrogen-bond donors (Lipinski definition) is 1. The second-order valence-corrected chi connectivity index (χ2v) is 4.23. The van der Waals surface area contributed by atoms with Gasteiger partial charge in [-0.05, 0) is 36.8 Å². The van der Waals surface area contributed by atoms with Crippen LogP contribution in [0.15, 0.2) is 39.9 Å². The summed E-state index contributed by atoms with van der Waals surface area (Å²) in [4.78, 5) is 0. The summed E-state index contributed by atoms with van der Waals surface area (Å²) >= 11 is 0. The lowest BCUT2D eigenvalue weighted by atomic mass is 10.2. The Morgan fingerprint density at radius 2 is 1.95 bits per heavy atom. The van der Waals surface area contributed by atoms with Crippen LogP contribution in [0.1, 0.15) is 17.1 Å². The summed E-state index contributed by atoms with van der Waals surface area (Å²) in [5, 5.41) is 4.11. The third kappa shape index (κ3) is 3.54. The largest absolute Gasteiger partial charge is 0.493 e. The Morgan fingerprint density at radius 1 is 1.15 bits per heavy atom. The first-order chi connectivity index (χ1) is 9.72. The Labute approximate surface area is 118 Å². The third-order valence-electron chi connectivity index (χ3n) is 2.78. The van der Waals surface area contributed by atoms with Crippen LogP contribution >= 0.6 is 0 Å². The van der Waals surface area contributed by atoms with Gasteiger partial charge in [-0.1, -0.05) is 6.07 Å². The molecule has 0 aliphatic carbocycles. The van der Waals surface area contributed by atoms with E-state index in [0.29, 0.717) is 18.0 Å². The minimum atomic E-state index is 0.594. The molecule has 1 aromatic heterocycles. The number of furan rings is 1. The van der Waals surface area contributed by atoms with Gasteiger partial charge in [-0.15, -0.1) is 0 Å². The van der Waals surface area contributed by atoms with Gasteiger partial charge in [0.05, 0.1) is 27.0 Å². The molecule has 0 saturated heterocycles.